The van der Waals surface area contributed by atoms with E-state index in [2.05, 4.69) is 18.2 Å². The van der Waals surface area contributed by atoms with Crippen LogP contribution in [0.25, 0.3) is 0 Å². The van der Waals surface area contributed by atoms with Gasteiger partial charge in [0.1, 0.15) is 0 Å². The van der Waals surface area contributed by atoms with Gasteiger partial charge in [0.05, 0.1) is 6.54 Å². The Balaban J connectivity index is 1.83. The topological polar surface area (TPSA) is 23.6 Å². The lowest BCUT2D eigenvalue weighted by Crippen LogP contribution is -2.44. The number of likely N-dealkylation sites (N-methyl/N-ethyl adjacent to an activating group) is 2. The summed E-state index contributed by atoms with van der Waals surface area (Å²) in [5.74, 6) is 0.293. The summed E-state index contributed by atoms with van der Waals surface area (Å²) < 4.78 is 0. The van der Waals surface area contributed by atoms with Crippen LogP contribution in [0, 0.1) is 0 Å². The molecule has 0 bridgehead atoms. The van der Waals surface area contributed by atoms with E-state index in [9.17, 15) is 4.79 Å². The van der Waals surface area contributed by atoms with Gasteiger partial charge in [0.15, 0.2) is 0 Å². The predicted molar refractivity (Wildman–Crippen MR) is 73.4 cm³/mol. The largest absolute Gasteiger partial charge is 0.342 e. The number of amides is 1. The zero-order valence-corrected chi connectivity index (χ0v) is 12.0. The van der Waals surface area contributed by atoms with Gasteiger partial charge in [-0.15, -0.1) is 0 Å². The average molecular weight is 256 g/mol. The van der Waals surface area contributed by atoms with Crippen molar-refractivity contribution in [2.45, 2.75) is 49.4 Å². The quantitative estimate of drug-likeness (QED) is 0.750. The molecule has 2 atom stereocenters. The molecule has 3 nitrogen and oxygen atoms in total. The maximum Gasteiger partial charge on any atom is 0.236 e. The zero-order chi connectivity index (χ0) is 12.4. The molecule has 0 aromatic carbocycles. The molecule has 0 spiro atoms. The Morgan fingerprint density at radius 3 is 2.53 bits per heavy atom. The summed E-state index contributed by atoms with van der Waals surface area (Å²) in [5.41, 5.74) is 0. The summed E-state index contributed by atoms with van der Waals surface area (Å²) in [6.07, 6.45) is 8.46. The summed E-state index contributed by atoms with van der Waals surface area (Å²) in [5, 5.41) is 0.721. The molecule has 2 unspecified atom stereocenters. The van der Waals surface area contributed by atoms with Crippen LogP contribution in [0.2, 0.25) is 0 Å². The second-order valence-electron chi connectivity index (χ2n) is 5.42. The third-order valence-electron chi connectivity index (χ3n) is 4.16. The lowest BCUT2D eigenvalue weighted by Gasteiger charge is -2.29. The van der Waals surface area contributed by atoms with Crippen LogP contribution < -0.4 is 0 Å². The molecule has 0 heterocycles. The van der Waals surface area contributed by atoms with Crippen molar-refractivity contribution in [1.82, 2.24) is 9.80 Å². The number of carbonyl (C=O) groups is 1. The first kappa shape index (κ1) is 13.2. The van der Waals surface area contributed by atoms with Crippen LogP contribution in [-0.2, 0) is 4.79 Å². The molecule has 2 aliphatic rings. The van der Waals surface area contributed by atoms with Crippen molar-refractivity contribution < 1.29 is 4.79 Å². The Bertz CT molecular complexity index is 281. The number of hydrogen-bond donors (Lipinski definition) is 0. The van der Waals surface area contributed by atoms with Gasteiger partial charge in [-0.2, -0.15) is 11.8 Å². The molecule has 0 saturated heterocycles. The molecule has 0 radical (unpaired) electrons. The van der Waals surface area contributed by atoms with E-state index in [4.69, 9.17) is 0 Å². The van der Waals surface area contributed by atoms with E-state index in [-0.39, 0.29) is 0 Å². The SMILES string of the molecule is CSC1CCCC1N(C)CC(=O)N(C)C1CC1. The van der Waals surface area contributed by atoms with Gasteiger partial charge in [-0.3, -0.25) is 9.69 Å². The first-order valence-corrected chi connectivity index (χ1v) is 7.91. The zero-order valence-electron chi connectivity index (χ0n) is 11.2. The van der Waals surface area contributed by atoms with Crippen molar-refractivity contribution in [3.8, 4) is 0 Å². The van der Waals surface area contributed by atoms with Crippen molar-refractivity contribution in [2.24, 2.45) is 0 Å². The van der Waals surface area contributed by atoms with E-state index in [1.807, 2.05) is 23.7 Å². The maximum absolute atomic E-state index is 12.1. The van der Waals surface area contributed by atoms with Crippen LogP contribution in [0.5, 0.6) is 0 Å². The first-order valence-electron chi connectivity index (χ1n) is 6.62. The molecule has 17 heavy (non-hydrogen) atoms. The smallest absolute Gasteiger partial charge is 0.236 e. The van der Waals surface area contributed by atoms with E-state index >= 15 is 0 Å². The van der Waals surface area contributed by atoms with Gasteiger partial charge in [0.2, 0.25) is 5.91 Å². The summed E-state index contributed by atoms with van der Waals surface area (Å²) in [6, 6.07) is 1.14. The molecule has 2 saturated carbocycles. The van der Waals surface area contributed by atoms with Crippen LogP contribution >= 0.6 is 11.8 Å². The van der Waals surface area contributed by atoms with Crippen LogP contribution in [0.15, 0.2) is 0 Å². The number of nitrogens with zero attached hydrogens (tertiary/aromatic N) is 2. The van der Waals surface area contributed by atoms with Gasteiger partial charge in [-0.1, -0.05) is 6.42 Å². The van der Waals surface area contributed by atoms with Crippen molar-refractivity contribution in [3.63, 3.8) is 0 Å². The van der Waals surface area contributed by atoms with Gasteiger partial charge in [-0.05, 0) is 39.0 Å². The Hall–Kier alpha value is -0.220. The highest BCUT2D eigenvalue weighted by Crippen LogP contribution is 2.32. The Kier molecular flexibility index (Phi) is 4.36. The second kappa shape index (κ2) is 5.61. The summed E-state index contributed by atoms with van der Waals surface area (Å²) in [7, 11) is 4.06. The molecular weight excluding hydrogens is 232 g/mol. The van der Waals surface area contributed by atoms with Crippen molar-refractivity contribution in [3.05, 3.63) is 0 Å². The van der Waals surface area contributed by atoms with Crippen molar-refractivity contribution in [2.75, 3.05) is 26.9 Å². The van der Waals surface area contributed by atoms with E-state index in [1.54, 1.807) is 0 Å². The molecule has 0 N–H and O–H groups in total. The van der Waals surface area contributed by atoms with Crippen LogP contribution in [0.3, 0.4) is 0 Å². The van der Waals surface area contributed by atoms with Gasteiger partial charge >= 0.3 is 0 Å². The van der Waals surface area contributed by atoms with Crippen LogP contribution in [0.1, 0.15) is 32.1 Å². The number of rotatable bonds is 5. The van der Waals surface area contributed by atoms with E-state index in [0.717, 1.165) is 5.25 Å². The summed E-state index contributed by atoms with van der Waals surface area (Å²) in [6.45, 7) is 0.592. The Labute approximate surface area is 109 Å². The van der Waals surface area contributed by atoms with E-state index < -0.39 is 0 Å². The fourth-order valence-corrected chi connectivity index (χ4v) is 3.85. The lowest BCUT2D eigenvalue weighted by atomic mass is 10.2. The Morgan fingerprint density at radius 2 is 1.94 bits per heavy atom. The third-order valence-corrected chi connectivity index (χ3v) is 5.31. The summed E-state index contributed by atoms with van der Waals surface area (Å²) >= 11 is 1.96. The standard InChI is InChI=1S/C13H24N2OS/c1-14(11-5-4-6-12(11)17-3)9-13(16)15(2)10-7-8-10/h10-12H,4-9H2,1-3H3. The highest BCUT2D eigenvalue weighted by molar-refractivity contribution is 7.99. The molecule has 4 heteroatoms. The molecule has 2 aliphatic carbocycles. The third kappa shape index (κ3) is 3.16. The highest BCUT2D eigenvalue weighted by Gasteiger charge is 2.33. The van der Waals surface area contributed by atoms with Gasteiger partial charge in [0, 0.05) is 24.4 Å². The van der Waals surface area contributed by atoms with Gasteiger partial charge < -0.3 is 4.90 Å². The number of thioether (sulfide) groups is 1. The minimum atomic E-state index is 0.293. The molecule has 0 aliphatic heterocycles. The minimum absolute atomic E-state index is 0.293. The number of carbonyl (C=O) groups excluding carboxylic acids is 1. The van der Waals surface area contributed by atoms with E-state index in [1.165, 1.54) is 32.1 Å². The molecule has 0 aromatic heterocycles. The second-order valence-corrected chi connectivity index (χ2v) is 6.50. The van der Waals surface area contributed by atoms with Gasteiger partial charge in [-0.25, -0.2) is 0 Å². The summed E-state index contributed by atoms with van der Waals surface area (Å²) in [4.78, 5) is 16.3. The van der Waals surface area contributed by atoms with E-state index in [0.29, 0.717) is 24.5 Å². The van der Waals surface area contributed by atoms with Gasteiger partial charge in [0.25, 0.3) is 0 Å². The number of hydrogen-bond acceptors (Lipinski definition) is 3. The average Bonchev–Trinajstić information content (AvgIpc) is 3.05. The highest BCUT2D eigenvalue weighted by atomic mass is 32.2. The first-order chi connectivity index (χ1) is 8.13. The molecule has 1 amide bonds. The molecule has 0 aromatic rings. The predicted octanol–water partition coefficient (Wildman–Crippen LogP) is 1.82. The molecule has 98 valence electrons. The molecular formula is C13H24N2OS. The van der Waals surface area contributed by atoms with Crippen LogP contribution in [-0.4, -0.2) is 59.9 Å². The van der Waals surface area contributed by atoms with Crippen molar-refractivity contribution >= 4 is 17.7 Å². The van der Waals surface area contributed by atoms with Crippen molar-refractivity contribution in [1.29, 1.82) is 0 Å². The fourth-order valence-electron chi connectivity index (χ4n) is 2.79. The minimum Gasteiger partial charge on any atom is -0.342 e. The fraction of sp³-hybridized carbons (Fsp3) is 0.923. The van der Waals surface area contributed by atoms with Crippen LogP contribution in [0.4, 0.5) is 0 Å². The Morgan fingerprint density at radius 1 is 1.24 bits per heavy atom. The molecule has 2 rings (SSSR count). The monoisotopic (exact) mass is 256 g/mol. The maximum atomic E-state index is 12.1. The lowest BCUT2D eigenvalue weighted by molar-refractivity contribution is -0.131. The molecule has 2 fully saturated rings. The normalized spacial score (nSPS) is 28.7.